The Labute approximate surface area is 159 Å². The number of aromatic nitrogens is 2. The van der Waals surface area contributed by atoms with Crippen LogP contribution in [0.4, 0.5) is 35.3 Å². The number of ether oxygens (including phenoxy) is 1. The fourth-order valence-corrected chi connectivity index (χ4v) is 2.59. The van der Waals surface area contributed by atoms with Crippen LogP contribution in [0.2, 0.25) is 0 Å². The van der Waals surface area contributed by atoms with E-state index >= 15 is 0 Å². The largest absolute Gasteiger partial charge is 0.573 e. The highest BCUT2D eigenvalue weighted by Gasteiger charge is 2.30. The summed E-state index contributed by atoms with van der Waals surface area (Å²) in [4.78, 5) is 24.8. The van der Waals surface area contributed by atoms with Crippen molar-refractivity contribution in [2.45, 2.75) is 6.36 Å². The number of carbonyl (C=O) groups excluding carboxylic acids is 1. The van der Waals surface area contributed by atoms with Gasteiger partial charge in [-0.05, 0) is 31.3 Å². The predicted octanol–water partition coefficient (Wildman–Crippen LogP) is 2.77. The van der Waals surface area contributed by atoms with Crippen molar-refractivity contribution in [2.75, 3.05) is 48.8 Å². The molecule has 2 heterocycles. The Kier molecular flexibility index (Phi) is 5.83. The fraction of sp³-hybridized carbons (Fsp3) is 0.353. The molecule has 0 radical (unpaired) electrons. The molecule has 150 valence electrons. The minimum Gasteiger partial charge on any atom is -0.406 e. The van der Waals surface area contributed by atoms with Crippen molar-refractivity contribution >= 4 is 23.4 Å². The van der Waals surface area contributed by atoms with Crippen molar-refractivity contribution in [2.24, 2.45) is 0 Å². The zero-order chi connectivity index (χ0) is 20.1. The standard InChI is InChI=1S/C17H19F3N6O2/c1-25-6-8-26(9-7-25)15-21-10-13(11-22-15)24-16(27)23-12-2-4-14(5-3-12)28-17(18,19)20/h2-5,10-11H,6-9H2,1H3,(H2,23,24,27). The number of alkyl halides is 3. The van der Waals surface area contributed by atoms with Gasteiger partial charge in [0.25, 0.3) is 0 Å². The number of carbonyl (C=O) groups is 1. The second kappa shape index (κ2) is 8.30. The Hall–Kier alpha value is -3.08. The van der Waals surface area contributed by atoms with E-state index in [9.17, 15) is 18.0 Å². The Morgan fingerprint density at radius 3 is 2.14 bits per heavy atom. The molecule has 0 bridgehead atoms. The van der Waals surface area contributed by atoms with Gasteiger partial charge in [-0.25, -0.2) is 14.8 Å². The normalized spacial score (nSPS) is 15.2. The lowest BCUT2D eigenvalue weighted by molar-refractivity contribution is -0.274. The van der Waals surface area contributed by atoms with Crippen molar-refractivity contribution in [1.82, 2.24) is 14.9 Å². The Morgan fingerprint density at radius 1 is 1.00 bits per heavy atom. The van der Waals surface area contributed by atoms with Crippen LogP contribution in [0.5, 0.6) is 5.75 Å². The van der Waals surface area contributed by atoms with Crippen LogP contribution in [-0.4, -0.2) is 60.5 Å². The number of anilines is 3. The lowest BCUT2D eigenvalue weighted by Gasteiger charge is -2.32. The molecule has 1 aromatic heterocycles. The van der Waals surface area contributed by atoms with Crippen LogP contribution < -0.4 is 20.3 Å². The molecule has 0 unspecified atom stereocenters. The number of piperazine rings is 1. The summed E-state index contributed by atoms with van der Waals surface area (Å²) in [6, 6.07) is 4.25. The molecule has 11 heteroatoms. The van der Waals surface area contributed by atoms with Gasteiger partial charge in [0.1, 0.15) is 5.75 Å². The second-order valence-corrected chi connectivity index (χ2v) is 6.21. The van der Waals surface area contributed by atoms with Gasteiger partial charge >= 0.3 is 12.4 Å². The van der Waals surface area contributed by atoms with E-state index in [-0.39, 0.29) is 5.75 Å². The van der Waals surface area contributed by atoms with Gasteiger partial charge in [0.2, 0.25) is 5.95 Å². The molecule has 2 amide bonds. The summed E-state index contributed by atoms with van der Waals surface area (Å²) < 4.78 is 40.2. The summed E-state index contributed by atoms with van der Waals surface area (Å²) >= 11 is 0. The average molecular weight is 396 g/mol. The molecule has 1 saturated heterocycles. The Balaban J connectivity index is 1.52. The highest BCUT2D eigenvalue weighted by Crippen LogP contribution is 2.24. The monoisotopic (exact) mass is 396 g/mol. The highest BCUT2D eigenvalue weighted by molar-refractivity contribution is 5.99. The molecular weight excluding hydrogens is 377 g/mol. The first-order valence-electron chi connectivity index (χ1n) is 8.48. The lowest BCUT2D eigenvalue weighted by atomic mass is 10.3. The topological polar surface area (TPSA) is 82.6 Å². The minimum absolute atomic E-state index is 0.307. The molecule has 2 aromatic rings. The van der Waals surface area contributed by atoms with E-state index in [1.54, 1.807) is 0 Å². The number of nitrogens with zero attached hydrogens (tertiary/aromatic N) is 4. The van der Waals surface area contributed by atoms with Crippen LogP contribution in [-0.2, 0) is 0 Å². The van der Waals surface area contributed by atoms with E-state index in [2.05, 4.69) is 42.2 Å². The smallest absolute Gasteiger partial charge is 0.406 e. The summed E-state index contributed by atoms with van der Waals surface area (Å²) in [6.45, 7) is 3.52. The minimum atomic E-state index is -4.76. The molecule has 8 nitrogen and oxygen atoms in total. The highest BCUT2D eigenvalue weighted by atomic mass is 19.4. The van der Waals surface area contributed by atoms with Crippen LogP contribution in [0.1, 0.15) is 0 Å². The third-order valence-corrected chi connectivity index (χ3v) is 4.03. The van der Waals surface area contributed by atoms with Crippen LogP contribution >= 0.6 is 0 Å². The number of rotatable bonds is 4. The molecule has 0 saturated carbocycles. The maximum absolute atomic E-state index is 12.1. The van der Waals surface area contributed by atoms with Crippen molar-refractivity contribution in [3.05, 3.63) is 36.7 Å². The maximum Gasteiger partial charge on any atom is 0.573 e. The number of halogens is 3. The number of urea groups is 1. The number of hydrogen-bond donors (Lipinski definition) is 2. The maximum atomic E-state index is 12.1. The summed E-state index contributed by atoms with van der Waals surface area (Å²) in [5.41, 5.74) is 0.703. The molecule has 1 aliphatic rings. The zero-order valence-corrected chi connectivity index (χ0v) is 15.0. The zero-order valence-electron chi connectivity index (χ0n) is 15.0. The summed E-state index contributed by atoms with van der Waals surface area (Å²) in [5, 5.41) is 5.07. The van der Waals surface area contributed by atoms with Crippen LogP contribution in [0.25, 0.3) is 0 Å². The lowest BCUT2D eigenvalue weighted by Crippen LogP contribution is -2.45. The van der Waals surface area contributed by atoms with E-state index in [1.807, 2.05) is 0 Å². The van der Waals surface area contributed by atoms with E-state index in [4.69, 9.17) is 0 Å². The van der Waals surface area contributed by atoms with Gasteiger partial charge in [-0.15, -0.1) is 13.2 Å². The van der Waals surface area contributed by atoms with Gasteiger partial charge < -0.3 is 25.2 Å². The summed E-state index contributed by atoms with van der Waals surface area (Å²) in [7, 11) is 2.06. The van der Waals surface area contributed by atoms with Crippen molar-refractivity contribution in [3.63, 3.8) is 0 Å². The predicted molar refractivity (Wildman–Crippen MR) is 97.5 cm³/mol. The third kappa shape index (κ3) is 5.71. The molecule has 1 fully saturated rings. The number of benzene rings is 1. The van der Waals surface area contributed by atoms with E-state index in [1.165, 1.54) is 24.5 Å². The van der Waals surface area contributed by atoms with Gasteiger partial charge in [-0.3, -0.25) is 0 Å². The molecule has 0 atom stereocenters. The van der Waals surface area contributed by atoms with Gasteiger partial charge in [-0.1, -0.05) is 0 Å². The Bertz CT molecular complexity index is 790. The first-order chi connectivity index (χ1) is 13.3. The quantitative estimate of drug-likeness (QED) is 0.827. The van der Waals surface area contributed by atoms with E-state index in [0.717, 1.165) is 38.3 Å². The van der Waals surface area contributed by atoms with Crippen LogP contribution in [0.15, 0.2) is 36.7 Å². The Morgan fingerprint density at radius 2 is 1.57 bits per heavy atom. The molecule has 1 aromatic carbocycles. The second-order valence-electron chi connectivity index (χ2n) is 6.21. The van der Waals surface area contributed by atoms with Crippen molar-refractivity contribution in [1.29, 1.82) is 0 Å². The first-order valence-corrected chi connectivity index (χ1v) is 8.48. The fourth-order valence-electron chi connectivity index (χ4n) is 2.59. The molecule has 1 aliphatic heterocycles. The van der Waals surface area contributed by atoms with Crippen molar-refractivity contribution in [3.8, 4) is 5.75 Å². The van der Waals surface area contributed by atoms with Gasteiger partial charge in [0.05, 0.1) is 18.1 Å². The molecule has 3 rings (SSSR count). The van der Waals surface area contributed by atoms with Crippen molar-refractivity contribution < 1.29 is 22.7 Å². The first kappa shape index (κ1) is 19.7. The van der Waals surface area contributed by atoms with Crippen LogP contribution in [0.3, 0.4) is 0 Å². The SMILES string of the molecule is CN1CCN(c2ncc(NC(=O)Nc3ccc(OC(F)(F)F)cc3)cn2)CC1. The van der Waals surface area contributed by atoms with Gasteiger partial charge in [0, 0.05) is 31.9 Å². The number of amides is 2. The number of hydrogen-bond acceptors (Lipinski definition) is 6. The van der Waals surface area contributed by atoms with E-state index < -0.39 is 12.4 Å². The molecule has 2 N–H and O–H groups in total. The van der Waals surface area contributed by atoms with E-state index in [0.29, 0.717) is 17.3 Å². The molecule has 0 aliphatic carbocycles. The molecule has 0 spiro atoms. The molecule has 28 heavy (non-hydrogen) atoms. The van der Waals surface area contributed by atoms with Gasteiger partial charge in [-0.2, -0.15) is 0 Å². The average Bonchev–Trinajstić information content (AvgIpc) is 2.63. The number of nitrogens with one attached hydrogen (secondary N) is 2. The van der Waals surface area contributed by atoms with Gasteiger partial charge in [0.15, 0.2) is 0 Å². The van der Waals surface area contributed by atoms with Crippen LogP contribution in [0, 0.1) is 0 Å². The summed E-state index contributed by atoms with van der Waals surface area (Å²) in [6.07, 6.45) is -1.76. The number of likely N-dealkylation sites (N-methyl/N-ethyl adjacent to an activating group) is 1. The summed E-state index contributed by atoms with van der Waals surface area (Å²) in [5.74, 6) is 0.227. The molecular formula is C17H19F3N6O2. The third-order valence-electron chi connectivity index (χ3n) is 4.03.